The van der Waals surface area contributed by atoms with Crippen LogP contribution in [0.25, 0.3) is 10.2 Å². The first kappa shape index (κ1) is 19.3. The number of methoxy groups -OCH3 is 1. The molecular formula is C19H18BrN3O3S. The third kappa shape index (κ3) is 4.64. The quantitative estimate of drug-likeness (QED) is 0.553. The van der Waals surface area contributed by atoms with Crippen LogP contribution in [0.5, 0.6) is 5.75 Å². The van der Waals surface area contributed by atoms with Crippen molar-refractivity contribution in [2.45, 2.75) is 19.8 Å². The number of rotatable bonds is 6. The van der Waals surface area contributed by atoms with Crippen molar-refractivity contribution in [2.75, 3.05) is 17.7 Å². The number of carbonyl (C=O) groups is 2. The van der Waals surface area contributed by atoms with Gasteiger partial charge in [-0.25, -0.2) is 4.98 Å². The molecule has 140 valence electrons. The zero-order chi connectivity index (χ0) is 19.4. The highest BCUT2D eigenvalue weighted by atomic mass is 79.9. The van der Waals surface area contributed by atoms with Crippen LogP contribution in [0.4, 0.5) is 10.8 Å². The van der Waals surface area contributed by atoms with Crippen LogP contribution in [0.15, 0.2) is 40.9 Å². The highest BCUT2D eigenvalue weighted by Gasteiger charge is 2.14. The highest BCUT2D eigenvalue weighted by molar-refractivity contribution is 9.10. The summed E-state index contributed by atoms with van der Waals surface area (Å²) < 4.78 is 6.93. The Hall–Kier alpha value is -2.45. The molecule has 2 aromatic carbocycles. The van der Waals surface area contributed by atoms with E-state index >= 15 is 0 Å². The van der Waals surface area contributed by atoms with Crippen molar-refractivity contribution in [1.29, 1.82) is 0 Å². The second-order valence-corrected chi connectivity index (χ2v) is 7.74. The van der Waals surface area contributed by atoms with Gasteiger partial charge in [0.25, 0.3) is 5.91 Å². The van der Waals surface area contributed by atoms with Crippen molar-refractivity contribution >= 4 is 60.1 Å². The molecule has 6 nitrogen and oxygen atoms in total. The van der Waals surface area contributed by atoms with Gasteiger partial charge in [0.2, 0.25) is 5.91 Å². The Morgan fingerprint density at radius 1 is 1.19 bits per heavy atom. The van der Waals surface area contributed by atoms with Gasteiger partial charge in [0.15, 0.2) is 5.13 Å². The number of halogens is 1. The molecule has 8 heteroatoms. The molecule has 3 rings (SSSR count). The number of nitrogens with one attached hydrogen (secondary N) is 2. The summed E-state index contributed by atoms with van der Waals surface area (Å²) in [7, 11) is 1.53. The Labute approximate surface area is 169 Å². The lowest BCUT2D eigenvalue weighted by molar-refractivity contribution is -0.116. The number of aromatic nitrogens is 1. The van der Waals surface area contributed by atoms with Crippen LogP contribution in [-0.2, 0) is 4.79 Å². The molecule has 1 aromatic heterocycles. The summed E-state index contributed by atoms with van der Waals surface area (Å²) in [5.41, 5.74) is 1.85. The van der Waals surface area contributed by atoms with E-state index in [2.05, 4.69) is 31.5 Å². The van der Waals surface area contributed by atoms with Crippen molar-refractivity contribution in [1.82, 2.24) is 4.98 Å². The summed E-state index contributed by atoms with van der Waals surface area (Å²) in [6.45, 7) is 1.95. The number of amides is 2. The van der Waals surface area contributed by atoms with Crippen LogP contribution in [0.1, 0.15) is 30.1 Å². The van der Waals surface area contributed by atoms with Crippen molar-refractivity contribution in [3.05, 3.63) is 46.4 Å². The van der Waals surface area contributed by atoms with E-state index < -0.39 is 0 Å². The van der Waals surface area contributed by atoms with Gasteiger partial charge in [0, 0.05) is 16.6 Å². The number of thiazole rings is 1. The lowest BCUT2D eigenvalue weighted by Crippen LogP contribution is -2.13. The molecule has 0 bridgehead atoms. The fourth-order valence-electron chi connectivity index (χ4n) is 2.52. The minimum Gasteiger partial charge on any atom is -0.496 e. The molecule has 0 unspecified atom stereocenters. The van der Waals surface area contributed by atoms with Gasteiger partial charge in [-0.1, -0.05) is 34.2 Å². The van der Waals surface area contributed by atoms with E-state index in [1.165, 1.54) is 18.4 Å². The maximum absolute atomic E-state index is 12.6. The van der Waals surface area contributed by atoms with E-state index in [0.29, 0.717) is 28.6 Å². The molecule has 27 heavy (non-hydrogen) atoms. The summed E-state index contributed by atoms with van der Waals surface area (Å²) >= 11 is 4.74. The number of carbonyl (C=O) groups excluding carboxylic acids is 2. The lowest BCUT2D eigenvalue weighted by atomic mass is 10.2. The average molecular weight is 448 g/mol. The third-order valence-electron chi connectivity index (χ3n) is 3.78. The maximum atomic E-state index is 12.6. The Morgan fingerprint density at radius 2 is 2.00 bits per heavy atom. The van der Waals surface area contributed by atoms with E-state index in [-0.39, 0.29) is 11.8 Å². The van der Waals surface area contributed by atoms with Gasteiger partial charge in [-0.15, -0.1) is 0 Å². The number of hydrogen-bond donors (Lipinski definition) is 2. The Kier molecular flexibility index (Phi) is 6.08. The summed E-state index contributed by atoms with van der Waals surface area (Å²) in [6, 6.07) is 10.7. The summed E-state index contributed by atoms with van der Waals surface area (Å²) in [4.78, 5) is 28.8. The molecule has 0 aliphatic heterocycles. The van der Waals surface area contributed by atoms with Gasteiger partial charge < -0.3 is 15.4 Å². The topological polar surface area (TPSA) is 80.3 Å². The number of benzene rings is 2. The lowest BCUT2D eigenvalue weighted by Gasteiger charge is -2.09. The van der Waals surface area contributed by atoms with Crippen LogP contribution < -0.4 is 15.4 Å². The van der Waals surface area contributed by atoms with Gasteiger partial charge in [-0.2, -0.15) is 0 Å². The fraction of sp³-hybridized carbons (Fsp3) is 0.211. The monoisotopic (exact) mass is 447 g/mol. The predicted molar refractivity (Wildman–Crippen MR) is 112 cm³/mol. The van der Waals surface area contributed by atoms with E-state index in [0.717, 1.165) is 21.1 Å². The van der Waals surface area contributed by atoms with Gasteiger partial charge in [-0.3, -0.25) is 9.59 Å². The Morgan fingerprint density at radius 3 is 2.74 bits per heavy atom. The van der Waals surface area contributed by atoms with Gasteiger partial charge in [-0.05, 0) is 42.8 Å². The standard InChI is InChI=1S/C19H18BrN3O3S/c1-3-4-17(24)23-19-22-14-7-6-12(10-16(14)27-19)21-18(25)13-9-11(20)5-8-15(13)26-2/h5-10H,3-4H2,1-2H3,(H,21,25)(H,22,23,24). The van der Waals surface area contributed by atoms with E-state index in [1.807, 2.05) is 25.1 Å². The molecular weight excluding hydrogens is 430 g/mol. The molecule has 0 saturated carbocycles. The number of ether oxygens (including phenoxy) is 1. The fourth-order valence-corrected chi connectivity index (χ4v) is 3.80. The molecule has 2 amide bonds. The molecule has 0 fully saturated rings. The number of nitrogens with zero attached hydrogens (tertiary/aromatic N) is 1. The van der Waals surface area contributed by atoms with Crippen molar-refractivity contribution < 1.29 is 14.3 Å². The second-order valence-electron chi connectivity index (χ2n) is 5.80. The van der Waals surface area contributed by atoms with Gasteiger partial charge in [0.1, 0.15) is 5.75 Å². The first-order chi connectivity index (χ1) is 13.0. The van der Waals surface area contributed by atoms with E-state index in [1.54, 1.807) is 18.2 Å². The average Bonchev–Trinajstić information content (AvgIpc) is 3.03. The Bertz CT molecular complexity index is 1000. The largest absolute Gasteiger partial charge is 0.496 e. The molecule has 0 aliphatic carbocycles. The third-order valence-corrected chi connectivity index (χ3v) is 5.20. The van der Waals surface area contributed by atoms with Crippen molar-refractivity contribution in [2.24, 2.45) is 0 Å². The predicted octanol–water partition coefficient (Wildman–Crippen LogP) is 5.06. The number of anilines is 2. The minimum absolute atomic E-state index is 0.0492. The molecule has 0 spiro atoms. The number of fused-ring (bicyclic) bond motifs is 1. The molecule has 0 saturated heterocycles. The first-order valence-corrected chi connectivity index (χ1v) is 9.96. The summed E-state index contributed by atoms with van der Waals surface area (Å²) in [5.74, 6) is 0.177. The zero-order valence-corrected chi connectivity index (χ0v) is 17.2. The van der Waals surface area contributed by atoms with Crippen LogP contribution in [-0.4, -0.2) is 23.9 Å². The maximum Gasteiger partial charge on any atom is 0.259 e. The smallest absolute Gasteiger partial charge is 0.259 e. The van der Waals surface area contributed by atoms with E-state index in [9.17, 15) is 9.59 Å². The van der Waals surface area contributed by atoms with Crippen LogP contribution in [0.2, 0.25) is 0 Å². The van der Waals surface area contributed by atoms with Gasteiger partial charge >= 0.3 is 0 Å². The van der Waals surface area contributed by atoms with Crippen LogP contribution in [0, 0.1) is 0 Å². The van der Waals surface area contributed by atoms with E-state index in [4.69, 9.17) is 4.74 Å². The van der Waals surface area contributed by atoms with Crippen molar-refractivity contribution in [3.8, 4) is 5.75 Å². The number of hydrogen-bond acceptors (Lipinski definition) is 5. The first-order valence-electron chi connectivity index (χ1n) is 8.35. The Balaban J connectivity index is 1.80. The van der Waals surface area contributed by atoms with Crippen LogP contribution in [0.3, 0.4) is 0 Å². The minimum atomic E-state index is -0.270. The summed E-state index contributed by atoms with van der Waals surface area (Å²) in [6.07, 6.45) is 1.25. The normalized spacial score (nSPS) is 10.6. The molecule has 2 N–H and O–H groups in total. The molecule has 3 aromatic rings. The second kappa shape index (κ2) is 8.49. The summed E-state index contributed by atoms with van der Waals surface area (Å²) in [5, 5.41) is 6.23. The van der Waals surface area contributed by atoms with Gasteiger partial charge in [0.05, 0.1) is 22.9 Å². The molecule has 0 aliphatic rings. The van der Waals surface area contributed by atoms with Crippen LogP contribution >= 0.6 is 27.3 Å². The highest BCUT2D eigenvalue weighted by Crippen LogP contribution is 2.29. The van der Waals surface area contributed by atoms with Crippen molar-refractivity contribution in [3.63, 3.8) is 0 Å². The molecule has 0 atom stereocenters. The molecule has 0 radical (unpaired) electrons. The SMILES string of the molecule is CCCC(=O)Nc1nc2ccc(NC(=O)c3cc(Br)ccc3OC)cc2s1. The zero-order valence-electron chi connectivity index (χ0n) is 14.8. The molecule has 1 heterocycles.